The highest BCUT2D eigenvalue weighted by molar-refractivity contribution is 6.31. The van der Waals surface area contributed by atoms with Crippen molar-refractivity contribution in [3.8, 4) is 5.75 Å². The van der Waals surface area contributed by atoms with Gasteiger partial charge in [-0.05, 0) is 24.6 Å². The summed E-state index contributed by atoms with van der Waals surface area (Å²) in [5.74, 6) is -1.05. The van der Waals surface area contributed by atoms with Crippen LogP contribution in [-0.4, -0.2) is 47.7 Å². The van der Waals surface area contributed by atoms with Crippen LogP contribution in [-0.2, 0) is 9.59 Å². The van der Waals surface area contributed by atoms with Crippen LogP contribution in [0.3, 0.4) is 0 Å². The summed E-state index contributed by atoms with van der Waals surface area (Å²) in [6.45, 7) is 3.89. The summed E-state index contributed by atoms with van der Waals surface area (Å²) in [5.41, 5.74) is 10.5. The fourth-order valence-corrected chi connectivity index (χ4v) is 2.12. The number of nitrogens with one attached hydrogen (secondary N) is 2. The second kappa shape index (κ2) is 12.1. The van der Waals surface area contributed by atoms with Crippen molar-refractivity contribution >= 4 is 34.8 Å². The average molecular weight is 389 g/mol. The molecule has 28 heavy (non-hydrogen) atoms. The van der Waals surface area contributed by atoms with Gasteiger partial charge >= 0.3 is 5.97 Å². The van der Waals surface area contributed by atoms with E-state index in [0.29, 0.717) is 5.96 Å². The Morgan fingerprint density at radius 2 is 2.07 bits per heavy atom. The van der Waals surface area contributed by atoms with Crippen molar-refractivity contribution in [3.05, 3.63) is 30.0 Å². The number of benzene rings is 1. The van der Waals surface area contributed by atoms with Crippen molar-refractivity contribution in [2.75, 3.05) is 13.7 Å². The van der Waals surface area contributed by atoms with Gasteiger partial charge in [0.25, 0.3) is 0 Å². The Morgan fingerprint density at radius 1 is 1.36 bits per heavy atom. The molecule has 152 valence electrons. The monoisotopic (exact) mass is 389 g/mol. The molecule has 0 unspecified atom stereocenters. The standard InChI is InChI=1S/C16H23N5O.C3H4O3/c1-3-4-5-8-18-16(17)21-20-11-12-10-19-15-7-6-13(22-2)9-14(12)15;1-2(4)3(5)6/h6-7,9-11,19H,3-5,8H2,1-2H3,(H3,17,18,21);1H3,(H,5,6)/b20-11+;. The highest BCUT2D eigenvalue weighted by Gasteiger charge is 2.03. The number of ether oxygens (including phenoxy) is 1. The number of Topliss-reactive ketones (excluding diaryl/α,β-unsaturated/α-hetero) is 1. The summed E-state index contributed by atoms with van der Waals surface area (Å²) >= 11 is 0. The van der Waals surface area contributed by atoms with E-state index in [-0.39, 0.29) is 0 Å². The van der Waals surface area contributed by atoms with Gasteiger partial charge in [0.15, 0.2) is 0 Å². The SMILES string of the molecule is CC(=O)C(=O)O.CCCCCN=C(N)N/N=C/c1c[nH]c2ccc(OC)cc12. The number of methoxy groups -OCH3 is 1. The number of aromatic nitrogens is 1. The number of carboxylic acid groups (broad SMARTS) is 1. The normalized spacial score (nSPS) is 11.2. The Balaban J connectivity index is 0.000000568. The molecule has 9 heteroatoms. The number of nitrogens with zero attached hydrogens (tertiary/aromatic N) is 2. The number of fused-ring (bicyclic) bond motifs is 1. The van der Waals surface area contributed by atoms with E-state index in [9.17, 15) is 9.59 Å². The maximum atomic E-state index is 9.54. The number of rotatable bonds is 8. The highest BCUT2D eigenvalue weighted by Crippen LogP contribution is 2.22. The maximum absolute atomic E-state index is 9.54. The van der Waals surface area contributed by atoms with Crippen molar-refractivity contribution in [1.82, 2.24) is 10.4 Å². The molecule has 0 aliphatic heterocycles. The fraction of sp³-hybridized carbons (Fsp3) is 0.368. The summed E-state index contributed by atoms with van der Waals surface area (Å²) in [6, 6.07) is 5.86. The molecule has 0 aliphatic carbocycles. The molecule has 0 aliphatic rings. The van der Waals surface area contributed by atoms with Crippen LogP contribution in [0, 0.1) is 0 Å². The number of hydrazone groups is 1. The molecule has 1 heterocycles. The Hall–Kier alpha value is -3.36. The third kappa shape index (κ3) is 7.90. The molecule has 0 bridgehead atoms. The van der Waals surface area contributed by atoms with E-state index in [4.69, 9.17) is 15.6 Å². The number of aliphatic carboxylic acids is 1. The predicted octanol–water partition coefficient (Wildman–Crippen LogP) is 2.26. The van der Waals surface area contributed by atoms with E-state index in [1.165, 1.54) is 6.42 Å². The number of aromatic amines is 1. The number of unbranched alkanes of at least 4 members (excludes halogenated alkanes) is 2. The van der Waals surface area contributed by atoms with Gasteiger partial charge in [0.2, 0.25) is 11.7 Å². The minimum absolute atomic E-state index is 0.338. The average Bonchev–Trinajstić information content (AvgIpc) is 3.08. The highest BCUT2D eigenvalue weighted by atomic mass is 16.5. The molecule has 0 saturated heterocycles. The largest absolute Gasteiger partial charge is 0.497 e. The van der Waals surface area contributed by atoms with Crippen molar-refractivity contribution in [2.45, 2.75) is 33.1 Å². The summed E-state index contributed by atoms with van der Waals surface area (Å²) in [5, 5.41) is 12.8. The number of hydrogen-bond acceptors (Lipinski definition) is 5. The summed E-state index contributed by atoms with van der Waals surface area (Å²) in [7, 11) is 1.65. The maximum Gasteiger partial charge on any atom is 0.371 e. The number of nitrogens with two attached hydrogens (primary N) is 1. The quantitative estimate of drug-likeness (QED) is 0.179. The zero-order valence-electron chi connectivity index (χ0n) is 16.4. The number of aliphatic imine (C=N–C) groups is 1. The zero-order valence-corrected chi connectivity index (χ0v) is 16.4. The van der Waals surface area contributed by atoms with Crippen molar-refractivity contribution < 1.29 is 19.4 Å². The first-order chi connectivity index (χ1) is 13.4. The lowest BCUT2D eigenvalue weighted by atomic mass is 10.2. The molecule has 1 aromatic heterocycles. The molecule has 2 rings (SSSR count). The first-order valence-electron chi connectivity index (χ1n) is 8.87. The molecule has 0 fully saturated rings. The Labute approximate surface area is 163 Å². The summed E-state index contributed by atoms with van der Waals surface area (Å²) in [6.07, 6.45) is 6.99. The van der Waals surface area contributed by atoms with Crippen molar-refractivity contribution in [3.63, 3.8) is 0 Å². The van der Waals surface area contributed by atoms with Crippen LogP contribution < -0.4 is 15.9 Å². The number of guanidine groups is 1. The van der Waals surface area contributed by atoms with Gasteiger partial charge in [0, 0.05) is 36.1 Å². The third-order valence-electron chi connectivity index (χ3n) is 3.65. The van der Waals surface area contributed by atoms with Gasteiger partial charge in [0.1, 0.15) is 5.75 Å². The summed E-state index contributed by atoms with van der Waals surface area (Å²) < 4.78 is 5.24. The van der Waals surface area contributed by atoms with Gasteiger partial charge in [-0.25, -0.2) is 10.2 Å². The lowest BCUT2D eigenvalue weighted by Gasteiger charge is -2.00. The van der Waals surface area contributed by atoms with E-state index < -0.39 is 11.8 Å². The Morgan fingerprint density at radius 3 is 2.68 bits per heavy atom. The van der Waals surface area contributed by atoms with Gasteiger partial charge in [0.05, 0.1) is 13.3 Å². The first kappa shape index (κ1) is 22.7. The van der Waals surface area contributed by atoms with E-state index in [1.807, 2.05) is 24.4 Å². The number of ketones is 1. The van der Waals surface area contributed by atoms with Gasteiger partial charge in [-0.1, -0.05) is 19.8 Å². The summed E-state index contributed by atoms with van der Waals surface area (Å²) in [4.78, 5) is 26.3. The van der Waals surface area contributed by atoms with Crippen LogP contribution in [0.2, 0.25) is 0 Å². The number of carboxylic acids is 1. The number of hydrogen-bond donors (Lipinski definition) is 4. The van der Waals surface area contributed by atoms with Crippen LogP contribution in [0.4, 0.5) is 0 Å². The Bertz CT molecular complexity index is 830. The van der Waals surface area contributed by atoms with Gasteiger partial charge in [-0.15, -0.1) is 0 Å². The van der Waals surface area contributed by atoms with Crippen LogP contribution in [0.5, 0.6) is 5.75 Å². The molecule has 2 aromatic rings. The number of carbonyl (C=O) groups is 2. The fourth-order valence-electron chi connectivity index (χ4n) is 2.12. The molecule has 0 spiro atoms. The molecule has 0 radical (unpaired) electrons. The van der Waals surface area contributed by atoms with Crippen LogP contribution in [0.1, 0.15) is 38.7 Å². The predicted molar refractivity (Wildman–Crippen MR) is 110 cm³/mol. The van der Waals surface area contributed by atoms with Gasteiger partial charge in [-0.2, -0.15) is 5.10 Å². The molecule has 9 nitrogen and oxygen atoms in total. The topological polar surface area (TPSA) is 142 Å². The van der Waals surface area contributed by atoms with E-state index >= 15 is 0 Å². The molecule has 0 saturated carbocycles. The van der Waals surface area contributed by atoms with Gasteiger partial charge < -0.3 is 20.6 Å². The van der Waals surface area contributed by atoms with Crippen molar-refractivity contribution in [1.29, 1.82) is 0 Å². The molecular formula is C19H27N5O4. The molecule has 0 atom stereocenters. The van der Waals surface area contributed by atoms with Crippen LogP contribution >= 0.6 is 0 Å². The Kier molecular flexibility index (Phi) is 9.80. The lowest BCUT2D eigenvalue weighted by Crippen LogP contribution is -2.27. The number of H-pyrrole nitrogens is 1. The lowest BCUT2D eigenvalue weighted by molar-refractivity contribution is -0.148. The van der Waals surface area contributed by atoms with E-state index in [1.54, 1.807) is 13.3 Å². The second-order valence-corrected chi connectivity index (χ2v) is 5.86. The van der Waals surface area contributed by atoms with Gasteiger partial charge in [-0.3, -0.25) is 9.79 Å². The molecule has 1 aromatic carbocycles. The smallest absolute Gasteiger partial charge is 0.371 e. The minimum atomic E-state index is -1.38. The minimum Gasteiger partial charge on any atom is -0.497 e. The molecule has 0 amide bonds. The number of carbonyl (C=O) groups excluding carboxylic acids is 1. The van der Waals surface area contributed by atoms with Crippen molar-refractivity contribution in [2.24, 2.45) is 15.8 Å². The molecule has 5 N–H and O–H groups in total. The van der Waals surface area contributed by atoms with E-state index in [0.717, 1.165) is 48.5 Å². The molecular weight excluding hydrogens is 362 g/mol. The van der Waals surface area contributed by atoms with E-state index in [2.05, 4.69) is 27.4 Å². The van der Waals surface area contributed by atoms with Crippen LogP contribution in [0.25, 0.3) is 10.9 Å². The van der Waals surface area contributed by atoms with Crippen LogP contribution in [0.15, 0.2) is 34.5 Å². The second-order valence-electron chi connectivity index (χ2n) is 5.86. The zero-order chi connectivity index (χ0) is 20.9. The third-order valence-corrected chi connectivity index (χ3v) is 3.65. The first-order valence-corrected chi connectivity index (χ1v) is 8.87.